The van der Waals surface area contributed by atoms with Crippen LogP contribution in [0.2, 0.25) is 0 Å². The number of rotatable bonds is 0. The highest BCUT2D eigenvalue weighted by molar-refractivity contribution is 6.01. The predicted octanol–water partition coefficient (Wildman–Crippen LogP) is 3.61. The highest BCUT2D eigenvalue weighted by Crippen LogP contribution is 2.58. The van der Waals surface area contributed by atoms with Crippen LogP contribution in [0.3, 0.4) is 0 Å². The molecule has 0 amide bonds. The Morgan fingerprint density at radius 2 is 2.00 bits per heavy atom. The summed E-state index contributed by atoms with van der Waals surface area (Å²) in [5.41, 5.74) is 2.75. The molecule has 2 nitrogen and oxygen atoms in total. The monoisotopic (exact) mass is 207 g/mol. The van der Waals surface area contributed by atoms with Crippen molar-refractivity contribution in [2.75, 3.05) is 0 Å². The van der Waals surface area contributed by atoms with Gasteiger partial charge in [0.2, 0.25) is 0 Å². The lowest BCUT2D eigenvalue weighted by Crippen LogP contribution is -2.43. The second-order valence-corrected chi connectivity index (χ2v) is 6.04. The summed E-state index contributed by atoms with van der Waals surface area (Å²) in [6.07, 6.45) is 5.82. The Hall–Kier alpha value is -0.790. The van der Waals surface area contributed by atoms with Gasteiger partial charge in [-0.15, -0.1) is 0 Å². The van der Waals surface area contributed by atoms with Gasteiger partial charge in [0.1, 0.15) is 0 Å². The summed E-state index contributed by atoms with van der Waals surface area (Å²) in [5, 5.41) is 12.6. The lowest BCUT2D eigenvalue weighted by Gasteiger charge is -2.48. The zero-order chi connectivity index (χ0) is 11.3. The van der Waals surface area contributed by atoms with Crippen LogP contribution in [-0.2, 0) is 0 Å². The molecule has 2 aliphatic rings. The molecule has 0 radical (unpaired) electrons. The molecule has 0 unspecified atom stereocenters. The molecule has 0 saturated heterocycles. The number of hydrogen-bond donors (Lipinski definition) is 1. The molecule has 1 saturated carbocycles. The minimum Gasteiger partial charge on any atom is -0.411 e. The van der Waals surface area contributed by atoms with Crippen LogP contribution in [0.1, 0.15) is 47.0 Å². The van der Waals surface area contributed by atoms with Gasteiger partial charge in [0.15, 0.2) is 0 Å². The molecule has 0 heterocycles. The van der Waals surface area contributed by atoms with Crippen LogP contribution in [0.5, 0.6) is 0 Å². The first kappa shape index (κ1) is 10.7. The van der Waals surface area contributed by atoms with E-state index in [-0.39, 0.29) is 10.8 Å². The number of nitrogens with zero attached hydrogens (tertiary/aromatic N) is 1. The first-order chi connectivity index (χ1) is 6.92. The highest BCUT2D eigenvalue weighted by atomic mass is 16.4. The molecule has 2 atom stereocenters. The second kappa shape index (κ2) is 3.10. The Labute approximate surface area is 92.1 Å². The van der Waals surface area contributed by atoms with Gasteiger partial charge >= 0.3 is 0 Å². The van der Waals surface area contributed by atoms with Crippen LogP contribution in [0, 0.1) is 16.7 Å². The van der Waals surface area contributed by atoms with Crippen LogP contribution in [0.4, 0.5) is 0 Å². The quantitative estimate of drug-likeness (QED) is 0.477. The highest BCUT2D eigenvalue weighted by Gasteiger charge is 2.52. The number of allylic oxidation sites excluding steroid dienone is 2. The SMILES string of the molecule is CC1=CC(=NO)[C@H]2C(C)(C)CCC[C@]12C. The smallest absolute Gasteiger partial charge is 0.0840 e. The molecule has 84 valence electrons. The van der Waals surface area contributed by atoms with Crippen LogP contribution in [0.15, 0.2) is 16.8 Å². The third-order valence-corrected chi connectivity index (χ3v) is 4.61. The Bertz CT molecular complexity index is 340. The largest absolute Gasteiger partial charge is 0.411 e. The third kappa shape index (κ3) is 1.34. The van der Waals surface area contributed by atoms with Crippen molar-refractivity contribution in [3.05, 3.63) is 11.6 Å². The molecule has 0 spiro atoms. The van der Waals surface area contributed by atoms with E-state index in [1.54, 1.807) is 0 Å². The summed E-state index contributed by atoms with van der Waals surface area (Å²) in [5.74, 6) is 0.392. The molecule has 0 bridgehead atoms. The first-order valence-electron chi connectivity index (χ1n) is 5.82. The van der Waals surface area contributed by atoms with E-state index in [4.69, 9.17) is 5.21 Å². The topological polar surface area (TPSA) is 32.6 Å². The maximum absolute atomic E-state index is 9.11. The summed E-state index contributed by atoms with van der Waals surface area (Å²) >= 11 is 0. The van der Waals surface area contributed by atoms with Crippen molar-refractivity contribution in [1.82, 2.24) is 0 Å². The van der Waals surface area contributed by atoms with Crippen LogP contribution in [-0.4, -0.2) is 10.9 Å². The van der Waals surface area contributed by atoms with Gasteiger partial charge in [-0.3, -0.25) is 0 Å². The molecule has 1 fully saturated rings. The van der Waals surface area contributed by atoms with E-state index in [0.29, 0.717) is 5.92 Å². The minimum atomic E-state index is 0.226. The number of hydrogen-bond acceptors (Lipinski definition) is 2. The van der Waals surface area contributed by atoms with Crippen LogP contribution >= 0.6 is 0 Å². The first-order valence-corrected chi connectivity index (χ1v) is 5.82. The van der Waals surface area contributed by atoms with Gasteiger partial charge in [0.25, 0.3) is 0 Å². The van der Waals surface area contributed by atoms with E-state index in [2.05, 4.69) is 38.9 Å². The number of oxime groups is 1. The summed E-state index contributed by atoms with van der Waals surface area (Å²) in [4.78, 5) is 0. The zero-order valence-corrected chi connectivity index (χ0v) is 10.2. The fourth-order valence-corrected chi connectivity index (χ4v) is 3.77. The Balaban J connectivity index is 2.48. The van der Waals surface area contributed by atoms with Gasteiger partial charge in [-0.2, -0.15) is 0 Å². The molecule has 0 aromatic carbocycles. The van der Waals surface area contributed by atoms with Gasteiger partial charge in [-0.1, -0.05) is 37.9 Å². The molecule has 1 N–H and O–H groups in total. The van der Waals surface area contributed by atoms with E-state index in [0.717, 1.165) is 5.71 Å². The summed E-state index contributed by atoms with van der Waals surface area (Å²) in [7, 11) is 0. The van der Waals surface area contributed by atoms with Crippen molar-refractivity contribution >= 4 is 5.71 Å². The van der Waals surface area contributed by atoms with E-state index < -0.39 is 0 Å². The van der Waals surface area contributed by atoms with Gasteiger partial charge in [0.05, 0.1) is 5.71 Å². The van der Waals surface area contributed by atoms with Crippen molar-refractivity contribution in [3.63, 3.8) is 0 Å². The van der Waals surface area contributed by atoms with Crippen molar-refractivity contribution in [2.24, 2.45) is 21.9 Å². The van der Waals surface area contributed by atoms with Crippen LogP contribution < -0.4 is 0 Å². The van der Waals surface area contributed by atoms with E-state index >= 15 is 0 Å². The molecule has 2 heteroatoms. The summed E-state index contributed by atoms with van der Waals surface area (Å²) < 4.78 is 0. The average Bonchev–Trinajstić information content (AvgIpc) is 2.39. The molecule has 2 rings (SSSR count). The summed E-state index contributed by atoms with van der Waals surface area (Å²) in [6.45, 7) is 9.09. The normalized spacial score (nSPS) is 41.5. The predicted molar refractivity (Wildman–Crippen MR) is 62.2 cm³/mol. The van der Waals surface area contributed by atoms with E-state index in [1.807, 2.05) is 0 Å². The molecule has 15 heavy (non-hydrogen) atoms. The Morgan fingerprint density at radius 1 is 1.33 bits per heavy atom. The standard InChI is InChI=1S/C13H21NO/c1-9-8-10(14-15)11-12(2,3)6-5-7-13(9,11)4/h8,11,15H,5-7H2,1-4H3/t11-,13+/m0/s1. The van der Waals surface area contributed by atoms with Gasteiger partial charge in [0, 0.05) is 5.92 Å². The van der Waals surface area contributed by atoms with Crippen molar-refractivity contribution in [1.29, 1.82) is 0 Å². The maximum atomic E-state index is 9.11. The maximum Gasteiger partial charge on any atom is 0.0840 e. The van der Waals surface area contributed by atoms with E-state index in [1.165, 1.54) is 24.8 Å². The molecular formula is C13H21NO. The minimum absolute atomic E-state index is 0.226. The van der Waals surface area contributed by atoms with Gasteiger partial charge < -0.3 is 5.21 Å². The molecule has 0 aromatic heterocycles. The van der Waals surface area contributed by atoms with Crippen molar-refractivity contribution < 1.29 is 5.21 Å². The third-order valence-electron chi connectivity index (χ3n) is 4.61. The second-order valence-electron chi connectivity index (χ2n) is 6.04. The van der Waals surface area contributed by atoms with Gasteiger partial charge in [-0.05, 0) is 36.7 Å². The Morgan fingerprint density at radius 3 is 2.60 bits per heavy atom. The van der Waals surface area contributed by atoms with Gasteiger partial charge in [-0.25, -0.2) is 0 Å². The van der Waals surface area contributed by atoms with Crippen molar-refractivity contribution in [3.8, 4) is 0 Å². The average molecular weight is 207 g/mol. The Kier molecular flexibility index (Phi) is 2.21. The zero-order valence-electron chi connectivity index (χ0n) is 10.2. The summed E-state index contributed by atoms with van der Waals surface area (Å²) in [6, 6.07) is 0. The fourth-order valence-electron chi connectivity index (χ4n) is 3.77. The fraction of sp³-hybridized carbons (Fsp3) is 0.769. The molecular weight excluding hydrogens is 186 g/mol. The number of fused-ring (bicyclic) bond motifs is 1. The molecule has 2 aliphatic carbocycles. The molecule has 0 aromatic rings. The van der Waals surface area contributed by atoms with E-state index in [9.17, 15) is 0 Å². The van der Waals surface area contributed by atoms with Crippen molar-refractivity contribution in [2.45, 2.75) is 47.0 Å². The lowest BCUT2D eigenvalue weighted by atomic mass is 9.56. The lowest BCUT2D eigenvalue weighted by molar-refractivity contribution is 0.0819. The molecule has 0 aliphatic heterocycles. The van der Waals surface area contributed by atoms with Crippen LogP contribution in [0.25, 0.3) is 0 Å².